The van der Waals surface area contributed by atoms with Gasteiger partial charge in [0.1, 0.15) is 5.75 Å². The van der Waals surface area contributed by atoms with Crippen molar-refractivity contribution in [2.24, 2.45) is 0 Å². The molecule has 0 heterocycles. The van der Waals surface area contributed by atoms with E-state index in [4.69, 9.17) is 0 Å². The molecule has 1 aromatic carbocycles. The maximum atomic E-state index is 12.1. The van der Waals surface area contributed by atoms with E-state index in [0.29, 0.717) is 4.83 Å². The zero-order chi connectivity index (χ0) is 14.0. The Balaban J connectivity index is 2.94. The second-order valence-corrected chi connectivity index (χ2v) is 6.51. The fraction of sp³-hybridized carbons (Fsp3) is 0.538. The molecule has 0 saturated heterocycles. The normalized spacial score (nSPS) is 14.4. The average Bonchev–Trinajstić information content (AvgIpc) is 2.13. The molecule has 1 unspecified atom stereocenters. The number of benzene rings is 1. The third kappa shape index (κ3) is 4.88. The van der Waals surface area contributed by atoms with Crippen LogP contribution in [0, 0.1) is 0 Å². The Morgan fingerprint density at radius 2 is 1.89 bits per heavy atom. The number of hydrogen-bond acceptors (Lipinski definition) is 1. The molecule has 0 bridgehead atoms. The highest BCUT2D eigenvalue weighted by atomic mass is 79.9. The van der Waals surface area contributed by atoms with Gasteiger partial charge in [-0.1, -0.05) is 48.8 Å². The smallest absolute Gasteiger partial charge is 0.406 e. The summed E-state index contributed by atoms with van der Waals surface area (Å²) in [5.74, 6) is -0.171. The van der Waals surface area contributed by atoms with E-state index in [1.807, 2.05) is 26.8 Å². The lowest BCUT2D eigenvalue weighted by molar-refractivity contribution is -0.274. The first kappa shape index (κ1) is 15.3. The summed E-state index contributed by atoms with van der Waals surface area (Å²) < 4.78 is 40.4. The summed E-state index contributed by atoms with van der Waals surface area (Å²) in [7, 11) is 0. The fourth-order valence-electron chi connectivity index (χ4n) is 1.94. The van der Waals surface area contributed by atoms with Crippen LogP contribution in [0.1, 0.15) is 32.8 Å². The van der Waals surface area contributed by atoms with Crippen LogP contribution in [0.3, 0.4) is 0 Å². The highest BCUT2D eigenvalue weighted by molar-refractivity contribution is 9.09. The second kappa shape index (κ2) is 5.51. The second-order valence-electron chi connectivity index (χ2n) is 4.94. The van der Waals surface area contributed by atoms with E-state index in [2.05, 4.69) is 20.7 Å². The van der Waals surface area contributed by atoms with Gasteiger partial charge in [-0.25, -0.2) is 0 Å². The molecule has 1 aromatic rings. The Morgan fingerprint density at radius 3 is 2.39 bits per heavy atom. The topological polar surface area (TPSA) is 9.23 Å². The number of ether oxygens (including phenoxy) is 1. The largest absolute Gasteiger partial charge is 0.573 e. The van der Waals surface area contributed by atoms with Gasteiger partial charge in [0, 0.05) is 4.83 Å². The summed E-state index contributed by atoms with van der Waals surface area (Å²) in [6.45, 7) is 6.01. The van der Waals surface area contributed by atoms with Crippen LogP contribution in [-0.4, -0.2) is 11.2 Å². The van der Waals surface area contributed by atoms with Gasteiger partial charge in [0.15, 0.2) is 0 Å². The van der Waals surface area contributed by atoms with E-state index in [-0.39, 0.29) is 11.2 Å². The minimum absolute atomic E-state index is 0.171. The van der Waals surface area contributed by atoms with Crippen LogP contribution >= 0.6 is 15.9 Å². The molecule has 0 amide bonds. The highest BCUT2D eigenvalue weighted by Crippen LogP contribution is 2.33. The van der Waals surface area contributed by atoms with Gasteiger partial charge in [0.25, 0.3) is 0 Å². The number of hydrogen-bond donors (Lipinski definition) is 0. The first-order valence-corrected chi connectivity index (χ1v) is 6.52. The van der Waals surface area contributed by atoms with E-state index in [1.54, 1.807) is 6.07 Å². The van der Waals surface area contributed by atoms with Gasteiger partial charge in [-0.2, -0.15) is 0 Å². The summed E-state index contributed by atoms with van der Waals surface area (Å²) in [5, 5.41) is 0. The van der Waals surface area contributed by atoms with Gasteiger partial charge in [-0.3, -0.25) is 0 Å². The van der Waals surface area contributed by atoms with E-state index in [9.17, 15) is 13.2 Å². The van der Waals surface area contributed by atoms with Crippen molar-refractivity contribution in [3.8, 4) is 5.75 Å². The van der Waals surface area contributed by atoms with Gasteiger partial charge in [0.05, 0.1) is 0 Å². The molecule has 18 heavy (non-hydrogen) atoms. The zero-order valence-electron chi connectivity index (χ0n) is 10.5. The van der Waals surface area contributed by atoms with Crippen molar-refractivity contribution in [1.82, 2.24) is 0 Å². The monoisotopic (exact) mass is 324 g/mol. The number of rotatable bonds is 4. The molecule has 0 radical (unpaired) electrons. The molecule has 0 aliphatic rings. The van der Waals surface area contributed by atoms with Crippen LogP contribution in [0.5, 0.6) is 5.75 Å². The summed E-state index contributed by atoms with van der Waals surface area (Å²) >= 11 is 3.46. The molecule has 1 atom stereocenters. The summed E-state index contributed by atoms with van der Waals surface area (Å²) in [5.41, 5.74) is 0.615. The van der Waals surface area contributed by atoms with Gasteiger partial charge >= 0.3 is 6.36 Å². The Labute approximate surface area is 113 Å². The lowest BCUT2D eigenvalue weighted by Gasteiger charge is -2.27. The van der Waals surface area contributed by atoms with Gasteiger partial charge < -0.3 is 4.74 Å². The van der Waals surface area contributed by atoms with E-state index in [0.717, 1.165) is 12.0 Å². The van der Waals surface area contributed by atoms with Gasteiger partial charge in [-0.05, 0) is 29.5 Å². The van der Waals surface area contributed by atoms with E-state index >= 15 is 0 Å². The minimum Gasteiger partial charge on any atom is -0.406 e. The molecule has 102 valence electrons. The fourth-order valence-corrected chi connectivity index (χ4v) is 2.74. The maximum Gasteiger partial charge on any atom is 0.573 e. The number of halogens is 4. The molecule has 1 rings (SSSR count). The zero-order valence-corrected chi connectivity index (χ0v) is 12.1. The van der Waals surface area contributed by atoms with Crippen molar-refractivity contribution in [3.05, 3.63) is 29.8 Å². The van der Waals surface area contributed by atoms with Crippen molar-refractivity contribution >= 4 is 15.9 Å². The summed E-state index contributed by atoms with van der Waals surface area (Å²) in [4.78, 5) is 0.291. The van der Waals surface area contributed by atoms with Crippen LogP contribution in [0.15, 0.2) is 24.3 Å². The maximum absolute atomic E-state index is 12.1. The van der Waals surface area contributed by atoms with Crippen molar-refractivity contribution in [3.63, 3.8) is 0 Å². The first-order chi connectivity index (χ1) is 8.10. The molecule has 1 nitrogen and oxygen atoms in total. The molecule has 0 fully saturated rings. The quantitative estimate of drug-likeness (QED) is 0.705. The molecule has 0 saturated carbocycles. The molecular weight excluding hydrogens is 309 g/mol. The summed E-state index contributed by atoms with van der Waals surface area (Å²) in [6.07, 6.45) is -3.83. The molecule has 0 spiro atoms. The Bertz CT molecular complexity index is 399. The van der Waals surface area contributed by atoms with Crippen LogP contribution in [-0.2, 0) is 5.41 Å². The molecule has 0 N–H and O–H groups in total. The average molecular weight is 325 g/mol. The van der Waals surface area contributed by atoms with Crippen LogP contribution < -0.4 is 4.74 Å². The SMILES string of the molecule is CC(Br)CC(C)(C)c1cccc(OC(F)(F)F)c1. The van der Waals surface area contributed by atoms with Crippen molar-refractivity contribution < 1.29 is 17.9 Å². The summed E-state index contributed by atoms with van der Waals surface area (Å²) in [6, 6.07) is 6.16. The van der Waals surface area contributed by atoms with Crippen molar-refractivity contribution in [2.45, 2.75) is 43.8 Å². The minimum atomic E-state index is -4.65. The molecule has 0 aromatic heterocycles. The number of alkyl halides is 4. The van der Waals surface area contributed by atoms with Crippen LogP contribution in [0.2, 0.25) is 0 Å². The standard InChI is InChI=1S/C13H16BrF3O/c1-9(14)8-12(2,3)10-5-4-6-11(7-10)18-13(15,16)17/h4-7,9H,8H2,1-3H3. The predicted molar refractivity (Wildman–Crippen MR) is 69.2 cm³/mol. The Kier molecular flexibility index (Phi) is 4.70. The highest BCUT2D eigenvalue weighted by Gasteiger charge is 2.31. The third-order valence-electron chi connectivity index (χ3n) is 2.64. The first-order valence-electron chi connectivity index (χ1n) is 5.60. The Hall–Kier alpha value is -0.710. The van der Waals surface area contributed by atoms with E-state index in [1.165, 1.54) is 12.1 Å². The van der Waals surface area contributed by atoms with Crippen LogP contribution in [0.4, 0.5) is 13.2 Å². The third-order valence-corrected chi connectivity index (χ3v) is 2.96. The molecule has 0 aliphatic heterocycles. The van der Waals surface area contributed by atoms with Gasteiger partial charge in [-0.15, -0.1) is 13.2 Å². The predicted octanol–water partition coefficient (Wildman–Crippen LogP) is 5.04. The lowest BCUT2D eigenvalue weighted by Crippen LogP contribution is -2.21. The van der Waals surface area contributed by atoms with Crippen LogP contribution in [0.25, 0.3) is 0 Å². The van der Waals surface area contributed by atoms with Crippen molar-refractivity contribution in [2.75, 3.05) is 0 Å². The Morgan fingerprint density at radius 1 is 1.28 bits per heavy atom. The van der Waals surface area contributed by atoms with Gasteiger partial charge in [0.2, 0.25) is 0 Å². The lowest BCUT2D eigenvalue weighted by atomic mass is 9.81. The molecule has 0 aliphatic carbocycles. The van der Waals surface area contributed by atoms with E-state index < -0.39 is 6.36 Å². The molecule has 5 heteroatoms. The van der Waals surface area contributed by atoms with Crippen molar-refractivity contribution in [1.29, 1.82) is 0 Å². The molecular formula is C13H16BrF3O.